The summed E-state index contributed by atoms with van der Waals surface area (Å²) in [5.41, 5.74) is 1.44. The first-order valence-electron chi connectivity index (χ1n) is 5.09. The summed E-state index contributed by atoms with van der Waals surface area (Å²) < 4.78 is 0. The zero-order valence-corrected chi connectivity index (χ0v) is 9.78. The van der Waals surface area contributed by atoms with E-state index in [-0.39, 0.29) is 5.91 Å². The Morgan fingerprint density at radius 3 is 2.65 bits per heavy atom. The molecule has 0 saturated heterocycles. The molecule has 0 aliphatic carbocycles. The van der Waals surface area contributed by atoms with Gasteiger partial charge in [0.25, 0.3) is 0 Å². The fourth-order valence-corrected chi connectivity index (χ4v) is 2.07. The number of carbonyl (C=O) groups is 1. The SMILES string of the molecule is N#CC(C(=O)Nc1ccsc1)c1ccccc1. The molecule has 2 aromatic rings. The van der Waals surface area contributed by atoms with Gasteiger partial charge in [0, 0.05) is 5.38 Å². The number of anilines is 1. The molecule has 1 N–H and O–H groups in total. The van der Waals surface area contributed by atoms with Crippen molar-refractivity contribution in [2.75, 3.05) is 5.32 Å². The second-order valence-electron chi connectivity index (χ2n) is 3.47. The van der Waals surface area contributed by atoms with E-state index in [1.807, 2.05) is 41.1 Å². The van der Waals surface area contributed by atoms with E-state index >= 15 is 0 Å². The Kier molecular flexibility index (Phi) is 3.53. The van der Waals surface area contributed by atoms with E-state index in [0.29, 0.717) is 5.56 Å². The minimum absolute atomic E-state index is 0.294. The maximum absolute atomic E-state index is 11.9. The van der Waals surface area contributed by atoms with Crippen molar-refractivity contribution in [1.29, 1.82) is 5.26 Å². The van der Waals surface area contributed by atoms with Gasteiger partial charge in [0.2, 0.25) is 5.91 Å². The summed E-state index contributed by atoms with van der Waals surface area (Å²) in [5, 5.41) is 15.5. The third-order valence-corrected chi connectivity index (χ3v) is 3.00. The van der Waals surface area contributed by atoms with Crippen LogP contribution in [-0.4, -0.2) is 5.91 Å². The van der Waals surface area contributed by atoms with E-state index < -0.39 is 5.92 Å². The third kappa shape index (κ3) is 2.71. The molecule has 0 saturated carbocycles. The van der Waals surface area contributed by atoms with Crippen molar-refractivity contribution in [2.45, 2.75) is 5.92 Å². The molecule has 0 spiro atoms. The van der Waals surface area contributed by atoms with Crippen LogP contribution in [0.3, 0.4) is 0 Å². The summed E-state index contributed by atoms with van der Waals surface area (Å²) in [6.45, 7) is 0. The standard InChI is InChI=1S/C13H10N2OS/c14-8-12(10-4-2-1-3-5-10)13(16)15-11-6-7-17-9-11/h1-7,9,12H,(H,15,16). The Balaban J connectivity index is 2.15. The zero-order valence-electron chi connectivity index (χ0n) is 8.96. The van der Waals surface area contributed by atoms with Crippen LogP contribution in [0.5, 0.6) is 0 Å². The highest BCUT2D eigenvalue weighted by atomic mass is 32.1. The van der Waals surface area contributed by atoms with E-state index in [9.17, 15) is 4.79 Å². The van der Waals surface area contributed by atoms with Gasteiger partial charge in [-0.3, -0.25) is 4.79 Å². The van der Waals surface area contributed by atoms with Crippen molar-refractivity contribution in [3.63, 3.8) is 0 Å². The van der Waals surface area contributed by atoms with Crippen molar-refractivity contribution in [3.05, 3.63) is 52.7 Å². The fraction of sp³-hybridized carbons (Fsp3) is 0.0769. The van der Waals surface area contributed by atoms with E-state index in [4.69, 9.17) is 5.26 Å². The van der Waals surface area contributed by atoms with E-state index in [1.165, 1.54) is 11.3 Å². The van der Waals surface area contributed by atoms with Crippen LogP contribution in [0.2, 0.25) is 0 Å². The number of rotatable bonds is 3. The number of amides is 1. The summed E-state index contributed by atoms with van der Waals surface area (Å²) >= 11 is 1.50. The highest BCUT2D eigenvalue weighted by molar-refractivity contribution is 7.08. The number of hydrogen-bond acceptors (Lipinski definition) is 3. The molecule has 0 bridgehead atoms. The highest BCUT2D eigenvalue weighted by Crippen LogP contribution is 2.18. The number of nitrogens with one attached hydrogen (secondary N) is 1. The predicted octanol–water partition coefficient (Wildman–Crippen LogP) is 2.99. The smallest absolute Gasteiger partial charge is 0.246 e. The Morgan fingerprint density at radius 1 is 1.29 bits per heavy atom. The van der Waals surface area contributed by atoms with Crippen LogP contribution in [0.1, 0.15) is 11.5 Å². The number of benzene rings is 1. The first-order valence-corrected chi connectivity index (χ1v) is 6.03. The average Bonchev–Trinajstić information content (AvgIpc) is 2.84. The molecule has 1 atom stereocenters. The van der Waals surface area contributed by atoms with Gasteiger partial charge in [-0.25, -0.2) is 0 Å². The minimum Gasteiger partial charge on any atom is -0.324 e. The Hall–Kier alpha value is -2.12. The first-order chi connectivity index (χ1) is 8.31. The van der Waals surface area contributed by atoms with Gasteiger partial charge in [0.1, 0.15) is 0 Å². The second-order valence-corrected chi connectivity index (χ2v) is 4.25. The molecule has 4 heteroatoms. The molecule has 0 fully saturated rings. The van der Waals surface area contributed by atoms with Gasteiger partial charge in [-0.15, -0.1) is 0 Å². The average molecular weight is 242 g/mol. The van der Waals surface area contributed by atoms with Crippen molar-refractivity contribution in [3.8, 4) is 6.07 Å². The first kappa shape index (κ1) is 11.4. The van der Waals surface area contributed by atoms with Crippen LogP contribution < -0.4 is 5.32 Å². The summed E-state index contributed by atoms with van der Waals surface area (Å²) in [6.07, 6.45) is 0. The van der Waals surface area contributed by atoms with Crippen LogP contribution in [-0.2, 0) is 4.79 Å². The molecule has 1 unspecified atom stereocenters. The highest BCUT2D eigenvalue weighted by Gasteiger charge is 2.19. The number of nitrogens with zero attached hydrogens (tertiary/aromatic N) is 1. The molecular weight excluding hydrogens is 232 g/mol. The molecule has 84 valence electrons. The third-order valence-electron chi connectivity index (χ3n) is 2.31. The van der Waals surface area contributed by atoms with Crippen LogP contribution in [0, 0.1) is 11.3 Å². The summed E-state index contributed by atoms with van der Waals surface area (Å²) in [7, 11) is 0. The molecule has 1 heterocycles. The molecule has 3 nitrogen and oxygen atoms in total. The number of nitriles is 1. The maximum Gasteiger partial charge on any atom is 0.246 e. The fourth-order valence-electron chi connectivity index (χ4n) is 1.48. The maximum atomic E-state index is 11.9. The van der Waals surface area contributed by atoms with Gasteiger partial charge in [0.05, 0.1) is 11.8 Å². The van der Waals surface area contributed by atoms with Crippen LogP contribution >= 0.6 is 11.3 Å². The molecule has 1 aromatic carbocycles. The number of carbonyl (C=O) groups excluding carboxylic acids is 1. The van der Waals surface area contributed by atoms with Crippen molar-refractivity contribution in [2.24, 2.45) is 0 Å². The Labute approximate surface area is 103 Å². The molecule has 0 aliphatic rings. The van der Waals surface area contributed by atoms with Gasteiger partial charge < -0.3 is 5.32 Å². The summed E-state index contributed by atoms with van der Waals surface area (Å²) in [5.74, 6) is -1.06. The summed E-state index contributed by atoms with van der Waals surface area (Å²) in [4.78, 5) is 11.9. The van der Waals surface area contributed by atoms with Crippen LogP contribution in [0.25, 0.3) is 0 Å². The van der Waals surface area contributed by atoms with Gasteiger partial charge in [-0.05, 0) is 17.0 Å². The molecule has 17 heavy (non-hydrogen) atoms. The Morgan fingerprint density at radius 2 is 2.06 bits per heavy atom. The number of thiophene rings is 1. The van der Waals surface area contributed by atoms with Gasteiger partial charge in [-0.2, -0.15) is 16.6 Å². The normalized spacial score (nSPS) is 11.5. The monoisotopic (exact) mass is 242 g/mol. The molecule has 0 aliphatic heterocycles. The lowest BCUT2D eigenvalue weighted by Gasteiger charge is -2.09. The number of hydrogen-bond donors (Lipinski definition) is 1. The van der Waals surface area contributed by atoms with Crippen molar-refractivity contribution < 1.29 is 4.79 Å². The minimum atomic E-state index is -0.768. The van der Waals surface area contributed by atoms with Gasteiger partial charge >= 0.3 is 0 Å². The topological polar surface area (TPSA) is 52.9 Å². The van der Waals surface area contributed by atoms with Crippen LogP contribution in [0.4, 0.5) is 5.69 Å². The predicted molar refractivity (Wildman–Crippen MR) is 67.7 cm³/mol. The van der Waals surface area contributed by atoms with E-state index in [0.717, 1.165) is 5.69 Å². The van der Waals surface area contributed by atoms with Crippen molar-refractivity contribution >= 4 is 22.9 Å². The summed E-state index contributed by atoms with van der Waals surface area (Å²) in [6, 6.07) is 12.9. The molecule has 2 rings (SSSR count). The quantitative estimate of drug-likeness (QED) is 0.899. The second kappa shape index (κ2) is 5.28. The largest absolute Gasteiger partial charge is 0.324 e. The van der Waals surface area contributed by atoms with Gasteiger partial charge in [0.15, 0.2) is 5.92 Å². The van der Waals surface area contributed by atoms with Crippen LogP contribution in [0.15, 0.2) is 47.2 Å². The molecule has 0 radical (unpaired) electrons. The molecule has 1 amide bonds. The zero-order chi connectivity index (χ0) is 12.1. The Bertz CT molecular complexity index is 528. The van der Waals surface area contributed by atoms with Gasteiger partial charge in [-0.1, -0.05) is 30.3 Å². The molecular formula is C13H10N2OS. The lowest BCUT2D eigenvalue weighted by molar-refractivity contribution is -0.116. The lowest BCUT2D eigenvalue weighted by Crippen LogP contribution is -2.19. The van der Waals surface area contributed by atoms with E-state index in [1.54, 1.807) is 12.1 Å². The van der Waals surface area contributed by atoms with Crippen molar-refractivity contribution in [1.82, 2.24) is 0 Å². The lowest BCUT2D eigenvalue weighted by atomic mass is 10.00. The van der Waals surface area contributed by atoms with E-state index in [2.05, 4.69) is 5.32 Å². The molecule has 1 aromatic heterocycles.